The zero-order valence-electron chi connectivity index (χ0n) is 19.2. The van der Waals surface area contributed by atoms with E-state index in [9.17, 15) is 9.59 Å². The van der Waals surface area contributed by atoms with Crippen molar-refractivity contribution in [3.8, 4) is 22.6 Å². The van der Waals surface area contributed by atoms with Crippen LogP contribution in [0.25, 0.3) is 11.1 Å². The summed E-state index contributed by atoms with van der Waals surface area (Å²) < 4.78 is 16.1. The third-order valence-electron chi connectivity index (χ3n) is 5.07. The second-order valence-corrected chi connectivity index (χ2v) is 8.18. The van der Waals surface area contributed by atoms with E-state index in [2.05, 4.69) is 12.2 Å². The zero-order chi connectivity index (χ0) is 23.6. The quantitative estimate of drug-likeness (QED) is 0.278. The maximum atomic E-state index is 12.7. The van der Waals surface area contributed by atoms with Crippen LogP contribution in [0.3, 0.4) is 0 Å². The number of hydrogen-bond acceptors (Lipinski definition) is 6. The Bertz CT molecular complexity index is 1060. The molecule has 2 aromatic carbocycles. The SMILES string of the molecule is CCOC(=O)c1c(-c2ccc(CC)cc2)csc1NC(=O)CCCOc1ccc(OC)cc1. The fourth-order valence-corrected chi connectivity index (χ4v) is 4.25. The number of nitrogens with one attached hydrogen (secondary N) is 1. The summed E-state index contributed by atoms with van der Waals surface area (Å²) in [4.78, 5) is 25.2. The number of amides is 1. The summed E-state index contributed by atoms with van der Waals surface area (Å²) in [5.74, 6) is 0.869. The standard InChI is InChI=1S/C26H29NO5S/c1-4-18-8-10-19(11-9-18)22-17-33-25(24(22)26(29)31-5-2)27-23(28)7-6-16-32-21-14-12-20(30-3)13-15-21/h8-15,17H,4-7,16H2,1-3H3,(H,27,28). The molecule has 1 N–H and O–H groups in total. The molecule has 0 saturated heterocycles. The number of rotatable bonds is 11. The molecule has 0 bridgehead atoms. The molecule has 1 heterocycles. The van der Waals surface area contributed by atoms with Gasteiger partial charge in [0.15, 0.2) is 0 Å². The Balaban J connectivity index is 1.63. The minimum atomic E-state index is -0.438. The molecule has 0 fully saturated rings. The second kappa shape index (κ2) is 12.1. The van der Waals surface area contributed by atoms with Crippen molar-refractivity contribution in [1.82, 2.24) is 0 Å². The van der Waals surface area contributed by atoms with E-state index in [-0.39, 0.29) is 18.9 Å². The molecule has 0 radical (unpaired) electrons. The average molecular weight is 468 g/mol. The minimum absolute atomic E-state index is 0.173. The van der Waals surface area contributed by atoms with Crippen LogP contribution in [-0.2, 0) is 16.0 Å². The van der Waals surface area contributed by atoms with Gasteiger partial charge < -0.3 is 19.5 Å². The van der Waals surface area contributed by atoms with E-state index in [1.165, 1.54) is 16.9 Å². The molecule has 0 aliphatic heterocycles. The summed E-state index contributed by atoms with van der Waals surface area (Å²) >= 11 is 1.33. The average Bonchev–Trinajstić information content (AvgIpc) is 3.26. The van der Waals surface area contributed by atoms with Crippen molar-refractivity contribution in [2.24, 2.45) is 0 Å². The van der Waals surface area contributed by atoms with Crippen LogP contribution in [-0.4, -0.2) is 32.2 Å². The largest absolute Gasteiger partial charge is 0.497 e. The first kappa shape index (κ1) is 24.3. The lowest BCUT2D eigenvalue weighted by Crippen LogP contribution is -2.15. The van der Waals surface area contributed by atoms with E-state index >= 15 is 0 Å². The monoisotopic (exact) mass is 467 g/mol. The summed E-state index contributed by atoms with van der Waals surface area (Å²) in [6, 6.07) is 15.4. The van der Waals surface area contributed by atoms with Gasteiger partial charge in [-0.15, -0.1) is 11.3 Å². The Morgan fingerprint density at radius 2 is 1.67 bits per heavy atom. The van der Waals surface area contributed by atoms with Crippen molar-refractivity contribution in [3.63, 3.8) is 0 Å². The van der Waals surface area contributed by atoms with Crippen LogP contribution in [0.2, 0.25) is 0 Å². The van der Waals surface area contributed by atoms with Gasteiger partial charge in [0.1, 0.15) is 22.1 Å². The van der Waals surface area contributed by atoms with Gasteiger partial charge in [-0.05, 0) is 55.2 Å². The Hall–Kier alpha value is -3.32. The Kier molecular flexibility index (Phi) is 8.89. The molecular formula is C26H29NO5S. The van der Waals surface area contributed by atoms with E-state index < -0.39 is 5.97 Å². The Morgan fingerprint density at radius 3 is 2.30 bits per heavy atom. The summed E-state index contributed by atoms with van der Waals surface area (Å²) in [6.45, 7) is 4.53. The fraction of sp³-hybridized carbons (Fsp3) is 0.308. The smallest absolute Gasteiger partial charge is 0.341 e. The van der Waals surface area contributed by atoms with Gasteiger partial charge in [-0.2, -0.15) is 0 Å². The van der Waals surface area contributed by atoms with Gasteiger partial charge in [0, 0.05) is 17.4 Å². The van der Waals surface area contributed by atoms with E-state index in [4.69, 9.17) is 14.2 Å². The lowest BCUT2D eigenvalue weighted by Gasteiger charge is -2.10. The minimum Gasteiger partial charge on any atom is -0.497 e. The van der Waals surface area contributed by atoms with Crippen molar-refractivity contribution in [2.45, 2.75) is 33.1 Å². The highest BCUT2D eigenvalue weighted by Gasteiger charge is 2.22. The topological polar surface area (TPSA) is 73.9 Å². The molecule has 0 atom stereocenters. The van der Waals surface area contributed by atoms with Gasteiger partial charge in [0.2, 0.25) is 5.91 Å². The number of esters is 1. The molecule has 0 spiro atoms. The third kappa shape index (κ3) is 6.58. The molecule has 0 saturated carbocycles. The lowest BCUT2D eigenvalue weighted by atomic mass is 10.0. The van der Waals surface area contributed by atoms with Crippen LogP contribution in [0.4, 0.5) is 5.00 Å². The van der Waals surface area contributed by atoms with E-state index in [0.29, 0.717) is 23.6 Å². The molecule has 0 aliphatic carbocycles. The zero-order valence-corrected chi connectivity index (χ0v) is 20.0. The molecule has 174 valence electrons. The first-order chi connectivity index (χ1) is 16.0. The van der Waals surface area contributed by atoms with Gasteiger partial charge in [-0.3, -0.25) is 4.79 Å². The highest BCUT2D eigenvalue weighted by Crippen LogP contribution is 2.36. The predicted molar refractivity (Wildman–Crippen MR) is 131 cm³/mol. The van der Waals surface area contributed by atoms with Crippen LogP contribution in [0.1, 0.15) is 42.6 Å². The van der Waals surface area contributed by atoms with Crippen molar-refractivity contribution in [3.05, 3.63) is 65.0 Å². The van der Waals surface area contributed by atoms with Gasteiger partial charge in [-0.25, -0.2) is 4.79 Å². The van der Waals surface area contributed by atoms with Crippen LogP contribution in [0, 0.1) is 0 Å². The van der Waals surface area contributed by atoms with E-state index in [1.54, 1.807) is 14.0 Å². The fourth-order valence-electron chi connectivity index (χ4n) is 3.27. The molecular weight excluding hydrogens is 438 g/mol. The number of aryl methyl sites for hydroxylation is 1. The van der Waals surface area contributed by atoms with E-state index in [1.807, 2.05) is 53.9 Å². The number of anilines is 1. The molecule has 1 amide bonds. The normalized spacial score (nSPS) is 10.5. The lowest BCUT2D eigenvalue weighted by molar-refractivity contribution is -0.116. The Labute approximate surface area is 198 Å². The number of carbonyl (C=O) groups excluding carboxylic acids is 2. The van der Waals surface area contributed by atoms with Crippen molar-refractivity contribution in [1.29, 1.82) is 0 Å². The first-order valence-electron chi connectivity index (χ1n) is 11.0. The van der Waals surface area contributed by atoms with Crippen molar-refractivity contribution >= 4 is 28.2 Å². The predicted octanol–water partition coefficient (Wildman–Crippen LogP) is 5.96. The summed E-state index contributed by atoms with van der Waals surface area (Å²) in [6.07, 6.45) is 1.76. The molecule has 7 heteroatoms. The second-order valence-electron chi connectivity index (χ2n) is 7.30. The van der Waals surface area contributed by atoms with Crippen LogP contribution in [0.15, 0.2) is 53.9 Å². The Morgan fingerprint density at radius 1 is 0.970 bits per heavy atom. The van der Waals surface area contributed by atoms with Gasteiger partial charge >= 0.3 is 5.97 Å². The molecule has 33 heavy (non-hydrogen) atoms. The van der Waals surface area contributed by atoms with Crippen LogP contribution >= 0.6 is 11.3 Å². The highest BCUT2D eigenvalue weighted by molar-refractivity contribution is 7.15. The van der Waals surface area contributed by atoms with Gasteiger partial charge in [0.05, 0.1) is 20.3 Å². The number of benzene rings is 2. The highest BCUT2D eigenvalue weighted by atomic mass is 32.1. The van der Waals surface area contributed by atoms with Gasteiger partial charge in [-0.1, -0.05) is 31.2 Å². The summed E-state index contributed by atoms with van der Waals surface area (Å²) in [5.41, 5.74) is 3.30. The molecule has 3 aromatic rings. The molecule has 0 unspecified atom stereocenters. The maximum absolute atomic E-state index is 12.7. The summed E-state index contributed by atoms with van der Waals surface area (Å²) in [5, 5.41) is 5.27. The number of ether oxygens (including phenoxy) is 3. The number of thiophene rings is 1. The van der Waals surface area contributed by atoms with Gasteiger partial charge in [0.25, 0.3) is 0 Å². The van der Waals surface area contributed by atoms with Crippen molar-refractivity contribution in [2.75, 3.05) is 25.6 Å². The number of carbonyl (C=O) groups is 2. The first-order valence-corrected chi connectivity index (χ1v) is 11.9. The third-order valence-corrected chi connectivity index (χ3v) is 5.97. The molecule has 0 aliphatic rings. The number of hydrogen-bond donors (Lipinski definition) is 1. The molecule has 1 aromatic heterocycles. The number of methoxy groups -OCH3 is 1. The molecule has 6 nitrogen and oxygen atoms in total. The van der Waals surface area contributed by atoms with Crippen LogP contribution < -0.4 is 14.8 Å². The summed E-state index contributed by atoms with van der Waals surface area (Å²) in [7, 11) is 1.61. The van der Waals surface area contributed by atoms with Crippen molar-refractivity contribution < 1.29 is 23.8 Å². The maximum Gasteiger partial charge on any atom is 0.341 e. The molecule has 3 rings (SSSR count). The van der Waals surface area contributed by atoms with Crippen LogP contribution in [0.5, 0.6) is 11.5 Å². The van der Waals surface area contributed by atoms with E-state index in [0.717, 1.165) is 29.0 Å².